The Morgan fingerprint density at radius 1 is 1.33 bits per heavy atom. The van der Waals surface area contributed by atoms with Gasteiger partial charge in [-0.05, 0) is 28.1 Å². The summed E-state index contributed by atoms with van der Waals surface area (Å²) in [6, 6.07) is 7.03. The lowest BCUT2D eigenvalue weighted by Crippen LogP contribution is -1.81. The molecule has 0 radical (unpaired) electrons. The molecule has 1 nitrogen and oxygen atoms in total. The van der Waals surface area contributed by atoms with Crippen LogP contribution in [0.5, 0.6) is 0 Å². The molecule has 1 aromatic heterocycles. The number of nitrogens with zero attached hydrogens (tertiary/aromatic N) is 1. The zero-order valence-corrected chi connectivity index (χ0v) is 7.68. The van der Waals surface area contributed by atoms with Crippen LogP contribution < -0.4 is 0 Å². The average molecular weight is 226 g/mol. The molecular weight excluding hydrogens is 221 g/mol. The third-order valence-corrected chi connectivity index (χ3v) is 2.27. The van der Waals surface area contributed by atoms with E-state index in [0.717, 1.165) is 15.4 Å². The second-order valence-electron chi connectivity index (χ2n) is 2.47. The van der Waals surface area contributed by atoms with Gasteiger partial charge in [0.1, 0.15) is 5.82 Å². The standard InChI is InChI=1S/C9H5BrFN/c10-8-3-1-2-6-4-7(11)5-12-9(6)8/h1-5H. The van der Waals surface area contributed by atoms with Gasteiger partial charge in [-0.2, -0.15) is 0 Å². The molecule has 0 fully saturated rings. The van der Waals surface area contributed by atoms with Crippen LogP contribution in [-0.2, 0) is 0 Å². The summed E-state index contributed by atoms with van der Waals surface area (Å²) in [4.78, 5) is 3.96. The van der Waals surface area contributed by atoms with Gasteiger partial charge in [0.05, 0.1) is 11.7 Å². The molecule has 0 amide bonds. The van der Waals surface area contributed by atoms with Gasteiger partial charge in [-0.25, -0.2) is 4.39 Å². The van der Waals surface area contributed by atoms with Crippen molar-refractivity contribution in [3.63, 3.8) is 0 Å². The van der Waals surface area contributed by atoms with Gasteiger partial charge in [-0.15, -0.1) is 0 Å². The van der Waals surface area contributed by atoms with Crippen LogP contribution in [0.1, 0.15) is 0 Å². The minimum absolute atomic E-state index is 0.305. The van der Waals surface area contributed by atoms with Crippen molar-refractivity contribution < 1.29 is 4.39 Å². The van der Waals surface area contributed by atoms with Gasteiger partial charge in [0.2, 0.25) is 0 Å². The number of rotatable bonds is 0. The first-order valence-electron chi connectivity index (χ1n) is 3.47. The highest BCUT2D eigenvalue weighted by atomic mass is 79.9. The van der Waals surface area contributed by atoms with Crippen molar-refractivity contribution in [1.29, 1.82) is 0 Å². The van der Waals surface area contributed by atoms with Crippen LogP contribution >= 0.6 is 15.9 Å². The maximum Gasteiger partial charge on any atom is 0.142 e. The second kappa shape index (κ2) is 2.83. The zero-order chi connectivity index (χ0) is 8.55. The van der Waals surface area contributed by atoms with Gasteiger partial charge >= 0.3 is 0 Å². The highest BCUT2D eigenvalue weighted by Gasteiger charge is 1.99. The maximum absolute atomic E-state index is 12.7. The van der Waals surface area contributed by atoms with Gasteiger partial charge in [0.15, 0.2) is 0 Å². The Hall–Kier alpha value is -0.960. The minimum Gasteiger partial charge on any atom is -0.252 e. The van der Waals surface area contributed by atoms with E-state index in [-0.39, 0.29) is 5.82 Å². The molecule has 3 heteroatoms. The van der Waals surface area contributed by atoms with Crippen molar-refractivity contribution in [2.24, 2.45) is 0 Å². The molecule has 0 unspecified atom stereocenters. The molecule has 0 aliphatic carbocycles. The fraction of sp³-hybridized carbons (Fsp3) is 0. The van der Waals surface area contributed by atoms with Crippen LogP contribution in [0.3, 0.4) is 0 Å². The summed E-state index contributed by atoms with van der Waals surface area (Å²) in [6.07, 6.45) is 1.22. The Morgan fingerprint density at radius 3 is 3.00 bits per heavy atom. The number of benzene rings is 1. The summed E-state index contributed by atoms with van der Waals surface area (Å²) in [5.74, 6) is -0.305. The van der Waals surface area contributed by atoms with Crippen molar-refractivity contribution in [3.8, 4) is 0 Å². The van der Waals surface area contributed by atoms with Crippen LogP contribution in [-0.4, -0.2) is 4.98 Å². The van der Waals surface area contributed by atoms with E-state index in [2.05, 4.69) is 20.9 Å². The molecule has 0 bridgehead atoms. The van der Waals surface area contributed by atoms with E-state index in [1.807, 2.05) is 18.2 Å². The van der Waals surface area contributed by atoms with Gasteiger partial charge in [0, 0.05) is 9.86 Å². The largest absolute Gasteiger partial charge is 0.252 e. The molecule has 0 saturated heterocycles. The fourth-order valence-corrected chi connectivity index (χ4v) is 1.58. The van der Waals surface area contributed by atoms with Crippen LogP contribution in [0.2, 0.25) is 0 Å². The quantitative estimate of drug-likeness (QED) is 0.672. The van der Waals surface area contributed by atoms with Crippen molar-refractivity contribution in [2.75, 3.05) is 0 Å². The van der Waals surface area contributed by atoms with Crippen molar-refractivity contribution in [1.82, 2.24) is 4.98 Å². The minimum atomic E-state index is -0.305. The summed E-state index contributed by atoms with van der Waals surface area (Å²) in [6.45, 7) is 0. The fourth-order valence-electron chi connectivity index (χ4n) is 1.10. The van der Waals surface area contributed by atoms with E-state index < -0.39 is 0 Å². The number of hydrogen-bond acceptors (Lipinski definition) is 1. The summed E-state index contributed by atoms with van der Waals surface area (Å²) in [5.41, 5.74) is 0.791. The Balaban J connectivity index is 2.86. The highest BCUT2D eigenvalue weighted by molar-refractivity contribution is 9.10. The molecule has 60 valence electrons. The normalized spacial score (nSPS) is 10.5. The van der Waals surface area contributed by atoms with Crippen molar-refractivity contribution in [2.45, 2.75) is 0 Å². The van der Waals surface area contributed by atoms with Gasteiger partial charge in [-0.3, -0.25) is 4.98 Å². The molecule has 0 aliphatic rings. The van der Waals surface area contributed by atoms with Crippen LogP contribution in [0.25, 0.3) is 10.9 Å². The molecule has 12 heavy (non-hydrogen) atoms. The molecule has 1 aromatic carbocycles. The summed E-state index contributed by atoms with van der Waals surface area (Å²) in [5, 5.41) is 0.810. The van der Waals surface area contributed by atoms with Crippen molar-refractivity contribution >= 4 is 26.8 Å². The predicted octanol–water partition coefficient (Wildman–Crippen LogP) is 3.14. The lowest BCUT2D eigenvalue weighted by atomic mass is 10.2. The van der Waals surface area contributed by atoms with Gasteiger partial charge in [0.25, 0.3) is 0 Å². The number of hydrogen-bond donors (Lipinski definition) is 0. The average Bonchev–Trinajstić information content (AvgIpc) is 2.04. The molecule has 2 rings (SSSR count). The number of para-hydroxylation sites is 1. The van der Waals surface area contributed by atoms with Crippen LogP contribution in [0, 0.1) is 5.82 Å². The van der Waals surface area contributed by atoms with Crippen LogP contribution in [0.15, 0.2) is 34.9 Å². The summed E-state index contributed by atoms with van der Waals surface area (Å²) in [7, 11) is 0. The van der Waals surface area contributed by atoms with Crippen molar-refractivity contribution in [3.05, 3.63) is 40.8 Å². The second-order valence-corrected chi connectivity index (χ2v) is 3.32. The number of aromatic nitrogens is 1. The Kier molecular flexibility index (Phi) is 1.81. The topological polar surface area (TPSA) is 12.9 Å². The molecule has 0 aliphatic heterocycles. The smallest absolute Gasteiger partial charge is 0.142 e. The van der Waals surface area contributed by atoms with E-state index in [4.69, 9.17) is 0 Å². The Labute approximate surface area is 77.4 Å². The Morgan fingerprint density at radius 2 is 2.17 bits per heavy atom. The van der Waals surface area contributed by atoms with Gasteiger partial charge in [-0.1, -0.05) is 12.1 Å². The van der Waals surface area contributed by atoms with E-state index in [1.165, 1.54) is 12.3 Å². The first-order chi connectivity index (χ1) is 5.77. The molecule has 0 atom stereocenters. The summed E-state index contributed by atoms with van der Waals surface area (Å²) >= 11 is 3.34. The third-order valence-electron chi connectivity index (χ3n) is 1.63. The lowest BCUT2D eigenvalue weighted by Gasteiger charge is -1.97. The van der Waals surface area contributed by atoms with Gasteiger partial charge < -0.3 is 0 Å². The maximum atomic E-state index is 12.7. The SMILES string of the molecule is Fc1cnc2c(Br)cccc2c1. The first kappa shape index (κ1) is 7.68. The first-order valence-corrected chi connectivity index (χ1v) is 4.26. The zero-order valence-electron chi connectivity index (χ0n) is 6.09. The number of fused-ring (bicyclic) bond motifs is 1. The van der Waals surface area contributed by atoms with E-state index >= 15 is 0 Å². The number of pyridine rings is 1. The van der Waals surface area contributed by atoms with E-state index in [0.29, 0.717) is 0 Å². The predicted molar refractivity (Wildman–Crippen MR) is 49.4 cm³/mol. The molecule has 0 saturated carbocycles. The lowest BCUT2D eigenvalue weighted by molar-refractivity contribution is 0.624. The van der Waals surface area contributed by atoms with E-state index in [1.54, 1.807) is 0 Å². The molecule has 1 heterocycles. The Bertz CT molecular complexity index is 428. The molecule has 2 aromatic rings. The molecular formula is C9H5BrFN. The highest BCUT2D eigenvalue weighted by Crippen LogP contribution is 2.21. The van der Waals surface area contributed by atoms with E-state index in [9.17, 15) is 4.39 Å². The number of halogens is 2. The van der Waals surface area contributed by atoms with Crippen LogP contribution in [0.4, 0.5) is 4.39 Å². The molecule has 0 spiro atoms. The monoisotopic (exact) mass is 225 g/mol. The molecule has 0 N–H and O–H groups in total. The summed E-state index contributed by atoms with van der Waals surface area (Å²) < 4.78 is 13.6. The third kappa shape index (κ3) is 1.20.